The van der Waals surface area contributed by atoms with Crippen LogP contribution >= 0.6 is 0 Å². The van der Waals surface area contributed by atoms with Gasteiger partial charge in [-0.3, -0.25) is 0 Å². The number of ether oxygens (including phenoxy) is 3. The molecular formula is C17H18O5. The summed E-state index contributed by atoms with van der Waals surface area (Å²) in [5.41, 5.74) is 1.33. The number of hydrogen-bond acceptors (Lipinski definition) is 5. The highest BCUT2D eigenvalue weighted by molar-refractivity contribution is 5.91. The predicted octanol–water partition coefficient (Wildman–Crippen LogP) is 2.81. The van der Waals surface area contributed by atoms with Crippen LogP contribution in [0, 0.1) is 0 Å². The molecule has 0 atom stereocenters. The van der Waals surface area contributed by atoms with Crippen molar-refractivity contribution in [1.29, 1.82) is 0 Å². The van der Waals surface area contributed by atoms with Crippen LogP contribution in [0.25, 0.3) is 0 Å². The highest BCUT2D eigenvalue weighted by Crippen LogP contribution is 2.38. The largest absolute Gasteiger partial charge is 0.504 e. The van der Waals surface area contributed by atoms with Gasteiger partial charge < -0.3 is 19.3 Å². The molecule has 0 aromatic heterocycles. The van der Waals surface area contributed by atoms with E-state index in [2.05, 4.69) is 4.74 Å². The Labute approximate surface area is 129 Å². The lowest BCUT2D eigenvalue weighted by molar-refractivity contribution is 0.0599. The van der Waals surface area contributed by atoms with E-state index in [0.717, 1.165) is 5.56 Å². The van der Waals surface area contributed by atoms with Gasteiger partial charge in [0.2, 0.25) is 5.75 Å². The van der Waals surface area contributed by atoms with Gasteiger partial charge in [0, 0.05) is 6.42 Å². The Morgan fingerprint density at radius 1 is 1.14 bits per heavy atom. The molecule has 1 N–H and O–H groups in total. The highest BCUT2D eigenvalue weighted by atomic mass is 16.5. The first-order valence-electron chi connectivity index (χ1n) is 6.81. The van der Waals surface area contributed by atoms with Crippen molar-refractivity contribution in [1.82, 2.24) is 0 Å². The van der Waals surface area contributed by atoms with Crippen LogP contribution < -0.4 is 9.47 Å². The van der Waals surface area contributed by atoms with Gasteiger partial charge in [0.1, 0.15) is 0 Å². The molecule has 0 radical (unpaired) electrons. The normalized spacial score (nSPS) is 10.1. The molecule has 0 bridgehead atoms. The zero-order valence-electron chi connectivity index (χ0n) is 12.5. The monoisotopic (exact) mass is 302 g/mol. The number of esters is 1. The minimum Gasteiger partial charge on any atom is -0.504 e. The van der Waals surface area contributed by atoms with Gasteiger partial charge in [-0.1, -0.05) is 30.3 Å². The lowest BCUT2D eigenvalue weighted by atomic mass is 10.1. The SMILES string of the molecule is COC(=O)c1cc(O)c(OCCc2ccccc2)c(OC)c1. The molecule has 2 aromatic carbocycles. The summed E-state index contributed by atoms with van der Waals surface area (Å²) < 4.78 is 15.4. The van der Waals surface area contributed by atoms with Crippen molar-refractivity contribution in [2.45, 2.75) is 6.42 Å². The lowest BCUT2D eigenvalue weighted by Crippen LogP contribution is -2.05. The lowest BCUT2D eigenvalue weighted by Gasteiger charge is -2.13. The summed E-state index contributed by atoms with van der Waals surface area (Å²) in [5, 5.41) is 10.0. The molecule has 0 saturated carbocycles. The quantitative estimate of drug-likeness (QED) is 0.831. The molecule has 0 aliphatic heterocycles. The zero-order valence-corrected chi connectivity index (χ0v) is 12.5. The van der Waals surface area contributed by atoms with Crippen molar-refractivity contribution in [3.63, 3.8) is 0 Å². The zero-order chi connectivity index (χ0) is 15.9. The summed E-state index contributed by atoms with van der Waals surface area (Å²) in [6.45, 7) is 0.380. The van der Waals surface area contributed by atoms with Crippen molar-refractivity contribution >= 4 is 5.97 Å². The summed E-state index contributed by atoms with van der Waals surface area (Å²) in [5.74, 6) is -0.211. The molecule has 0 aliphatic rings. The van der Waals surface area contributed by atoms with Gasteiger partial charge in [0.25, 0.3) is 0 Å². The van der Waals surface area contributed by atoms with Gasteiger partial charge in [-0.15, -0.1) is 0 Å². The van der Waals surface area contributed by atoms with Gasteiger partial charge in [-0.2, -0.15) is 0 Å². The standard InChI is InChI=1S/C17H18O5/c1-20-15-11-13(17(19)21-2)10-14(18)16(15)22-9-8-12-6-4-3-5-7-12/h3-7,10-11,18H,8-9H2,1-2H3. The second-order valence-electron chi connectivity index (χ2n) is 4.60. The van der Waals surface area contributed by atoms with E-state index in [-0.39, 0.29) is 22.8 Å². The number of aromatic hydroxyl groups is 1. The third kappa shape index (κ3) is 3.69. The average molecular weight is 302 g/mol. The molecular weight excluding hydrogens is 284 g/mol. The van der Waals surface area contributed by atoms with E-state index in [1.807, 2.05) is 30.3 Å². The van der Waals surface area contributed by atoms with E-state index < -0.39 is 5.97 Å². The van der Waals surface area contributed by atoms with E-state index in [1.54, 1.807) is 0 Å². The smallest absolute Gasteiger partial charge is 0.338 e. The first kappa shape index (κ1) is 15.7. The molecule has 5 nitrogen and oxygen atoms in total. The summed E-state index contributed by atoms with van der Waals surface area (Å²) in [6.07, 6.45) is 0.697. The molecule has 5 heteroatoms. The minimum absolute atomic E-state index is 0.159. The van der Waals surface area contributed by atoms with E-state index in [1.165, 1.54) is 26.4 Å². The fraction of sp³-hybridized carbons (Fsp3) is 0.235. The highest BCUT2D eigenvalue weighted by Gasteiger charge is 2.16. The molecule has 116 valence electrons. The summed E-state index contributed by atoms with van der Waals surface area (Å²) in [4.78, 5) is 11.5. The van der Waals surface area contributed by atoms with Crippen LogP contribution in [0.2, 0.25) is 0 Å². The molecule has 2 aromatic rings. The van der Waals surface area contributed by atoms with Crippen molar-refractivity contribution in [2.24, 2.45) is 0 Å². The first-order valence-corrected chi connectivity index (χ1v) is 6.81. The molecule has 0 spiro atoms. The van der Waals surface area contributed by atoms with Crippen molar-refractivity contribution in [3.8, 4) is 17.2 Å². The number of hydrogen-bond donors (Lipinski definition) is 1. The Hall–Kier alpha value is -2.69. The predicted molar refractivity (Wildman–Crippen MR) is 81.6 cm³/mol. The molecule has 22 heavy (non-hydrogen) atoms. The summed E-state index contributed by atoms with van der Waals surface area (Å²) >= 11 is 0. The molecule has 0 saturated heterocycles. The first-order chi connectivity index (χ1) is 10.7. The maximum absolute atomic E-state index is 11.5. The molecule has 0 aliphatic carbocycles. The van der Waals surface area contributed by atoms with E-state index in [0.29, 0.717) is 13.0 Å². The fourth-order valence-corrected chi connectivity index (χ4v) is 2.04. The number of benzene rings is 2. The minimum atomic E-state index is -0.551. The van der Waals surface area contributed by atoms with E-state index in [4.69, 9.17) is 9.47 Å². The Balaban J connectivity index is 2.11. The van der Waals surface area contributed by atoms with Crippen molar-refractivity contribution in [2.75, 3.05) is 20.8 Å². The average Bonchev–Trinajstić information content (AvgIpc) is 2.56. The number of carbonyl (C=O) groups excluding carboxylic acids is 1. The van der Waals surface area contributed by atoms with Crippen LogP contribution in [0.4, 0.5) is 0 Å². The molecule has 0 fully saturated rings. The summed E-state index contributed by atoms with van der Waals surface area (Å²) in [6, 6.07) is 12.6. The van der Waals surface area contributed by atoms with Gasteiger partial charge in [-0.25, -0.2) is 4.79 Å². The van der Waals surface area contributed by atoms with Crippen LogP contribution in [0.15, 0.2) is 42.5 Å². The van der Waals surface area contributed by atoms with E-state index >= 15 is 0 Å². The Bertz CT molecular complexity index is 637. The van der Waals surface area contributed by atoms with Gasteiger partial charge in [-0.05, 0) is 17.7 Å². The second-order valence-corrected chi connectivity index (χ2v) is 4.60. The van der Waals surface area contributed by atoms with Gasteiger partial charge in [0.15, 0.2) is 11.5 Å². The van der Waals surface area contributed by atoms with Gasteiger partial charge in [0.05, 0.1) is 26.4 Å². The second kappa shape index (κ2) is 7.36. The Morgan fingerprint density at radius 2 is 1.86 bits per heavy atom. The fourth-order valence-electron chi connectivity index (χ4n) is 2.04. The molecule has 0 heterocycles. The maximum Gasteiger partial charge on any atom is 0.338 e. The van der Waals surface area contributed by atoms with Crippen molar-refractivity contribution in [3.05, 3.63) is 53.6 Å². The van der Waals surface area contributed by atoms with Crippen LogP contribution in [-0.2, 0) is 11.2 Å². The number of phenolic OH excluding ortho intramolecular Hbond substituents is 1. The summed E-state index contributed by atoms with van der Waals surface area (Å²) in [7, 11) is 2.72. The maximum atomic E-state index is 11.5. The number of phenols is 1. The third-order valence-electron chi connectivity index (χ3n) is 3.16. The number of rotatable bonds is 6. The third-order valence-corrected chi connectivity index (χ3v) is 3.16. The molecule has 0 unspecified atom stereocenters. The Kier molecular flexibility index (Phi) is 5.25. The Morgan fingerprint density at radius 3 is 2.50 bits per heavy atom. The van der Waals surface area contributed by atoms with Crippen LogP contribution in [0.1, 0.15) is 15.9 Å². The molecule has 0 amide bonds. The van der Waals surface area contributed by atoms with Gasteiger partial charge >= 0.3 is 5.97 Å². The van der Waals surface area contributed by atoms with Crippen LogP contribution in [0.3, 0.4) is 0 Å². The van der Waals surface area contributed by atoms with E-state index in [9.17, 15) is 9.90 Å². The van der Waals surface area contributed by atoms with Crippen LogP contribution in [0.5, 0.6) is 17.2 Å². The number of carbonyl (C=O) groups is 1. The van der Waals surface area contributed by atoms with Crippen molar-refractivity contribution < 1.29 is 24.1 Å². The molecule has 2 rings (SSSR count). The number of methoxy groups -OCH3 is 2. The van der Waals surface area contributed by atoms with Crippen LogP contribution in [-0.4, -0.2) is 31.9 Å². The topological polar surface area (TPSA) is 65.0 Å².